The first-order valence-corrected chi connectivity index (χ1v) is 6.96. The van der Waals surface area contributed by atoms with E-state index in [2.05, 4.69) is 0 Å². The van der Waals surface area contributed by atoms with Gasteiger partial charge in [-0.3, -0.25) is 4.79 Å². The standard InChI is InChI=1S/C10H18O3S/c1-8(2)5-6-14(12,13)7-10(11)9-3-4-9/h8-9H,3-7H2,1-2H3. The lowest BCUT2D eigenvalue weighted by atomic mass is 10.2. The number of carbonyl (C=O) groups is 1. The van der Waals surface area contributed by atoms with E-state index in [9.17, 15) is 13.2 Å². The predicted molar refractivity (Wildman–Crippen MR) is 55.8 cm³/mol. The Kier molecular flexibility index (Phi) is 3.70. The summed E-state index contributed by atoms with van der Waals surface area (Å²) in [4.78, 5) is 11.3. The van der Waals surface area contributed by atoms with Gasteiger partial charge in [0, 0.05) is 5.92 Å². The van der Waals surface area contributed by atoms with Crippen LogP contribution in [0.15, 0.2) is 0 Å². The van der Waals surface area contributed by atoms with Crippen molar-refractivity contribution >= 4 is 15.6 Å². The van der Waals surface area contributed by atoms with Crippen molar-refractivity contribution < 1.29 is 13.2 Å². The smallest absolute Gasteiger partial charge is 0.157 e. The average Bonchev–Trinajstić information content (AvgIpc) is 2.82. The Hall–Kier alpha value is -0.380. The highest BCUT2D eigenvalue weighted by molar-refractivity contribution is 7.92. The zero-order valence-corrected chi connectivity index (χ0v) is 9.64. The van der Waals surface area contributed by atoms with Gasteiger partial charge in [0.2, 0.25) is 0 Å². The molecule has 82 valence electrons. The Labute approximate surface area is 85.8 Å². The van der Waals surface area contributed by atoms with Crippen molar-refractivity contribution in [1.82, 2.24) is 0 Å². The molecule has 0 atom stereocenters. The second-order valence-electron chi connectivity index (χ2n) is 4.52. The van der Waals surface area contributed by atoms with E-state index in [4.69, 9.17) is 0 Å². The predicted octanol–water partition coefficient (Wildman–Crippen LogP) is 1.43. The summed E-state index contributed by atoms with van der Waals surface area (Å²) < 4.78 is 22.9. The maximum Gasteiger partial charge on any atom is 0.157 e. The molecule has 1 rings (SSSR count). The molecule has 0 aromatic rings. The molecule has 0 saturated heterocycles. The summed E-state index contributed by atoms with van der Waals surface area (Å²) in [6.45, 7) is 3.97. The highest BCUT2D eigenvalue weighted by atomic mass is 32.2. The molecule has 1 aliphatic carbocycles. The van der Waals surface area contributed by atoms with E-state index in [1.807, 2.05) is 13.8 Å². The van der Waals surface area contributed by atoms with Gasteiger partial charge in [0.05, 0.1) is 5.75 Å². The quantitative estimate of drug-likeness (QED) is 0.677. The van der Waals surface area contributed by atoms with Gasteiger partial charge in [-0.25, -0.2) is 8.42 Å². The molecule has 0 aromatic heterocycles. The molecule has 0 radical (unpaired) electrons. The third kappa shape index (κ3) is 4.22. The largest absolute Gasteiger partial charge is 0.298 e. The molecule has 0 unspecified atom stereocenters. The highest BCUT2D eigenvalue weighted by Gasteiger charge is 2.32. The molecule has 0 heterocycles. The molecule has 1 aliphatic rings. The third-order valence-corrected chi connectivity index (χ3v) is 3.98. The second-order valence-corrected chi connectivity index (χ2v) is 6.70. The Balaban J connectivity index is 2.36. The zero-order valence-electron chi connectivity index (χ0n) is 8.82. The van der Waals surface area contributed by atoms with Crippen molar-refractivity contribution in [3.05, 3.63) is 0 Å². The average molecular weight is 218 g/mol. The fraction of sp³-hybridized carbons (Fsp3) is 0.900. The van der Waals surface area contributed by atoms with Gasteiger partial charge in [-0.15, -0.1) is 0 Å². The van der Waals surface area contributed by atoms with Gasteiger partial charge >= 0.3 is 0 Å². The minimum absolute atomic E-state index is 0.0591. The van der Waals surface area contributed by atoms with Gasteiger partial charge in [0.1, 0.15) is 5.75 Å². The molecule has 0 spiro atoms. The molecule has 1 fully saturated rings. The van der Waals surface area contributed by atoms with Crippen LogP contribution in [0.1, 0.15) is 33.1 Å². The lowest BCUT2D eigenvalue weighted by molar-refractivity contribution is -0.117. The molecule has 1 saturated carbocycles. The summed E-state index contributed by atoms with van der Waals surface area (Å²) in [5.41, 5.74) is 0. The summed E-state index contributed by atoms with van der Waals surface area (Å²) in [5.74, 6) is 0.284. The number of hydrogen-bond donors (Lipinski definition) is 0. The van der Waals surface area contributed by atoms with Gasteiger partial charge in [0.15, 0.2) is 15.6 Å². The van der Waals surface area contributed by atoms with E-state index in [1.54, 1.807) is 0 Å². The number of carbonyl (C=O) groups excluding carboxylic acids is 1. The Morgan fingerprint density at radius 2 is 1.93 bits per heavy atom. The van der Waals surface area contributed by atoms with E-state index in [0.717, 1.165) is 12.8 Å². The molecule has 0 N–H and O–H groups in total. The van der Waals surface area contributed by atoms with Gasteiger partial charge < -0.3 is 0 Å². The van der Waals surface area contributed by atoms with E-state index in [0.29, 0.717) is 12.3 Å². The molecule has 0 aromatic carbocycles. The fourth-order valence-electron chi connectivity index (χ4n) is 1.23. The van der Waals surface area contributed by atoms with Crippen LogP contribution in [0.4, 0.5) is 0 Å². The third-order valence-electron chi connectivity index (χ3n) is 2.40. The Bertz CT molecular complexity index is 299. The second kappa shape index (κ2) is 4.43. The molecule has 4 heteroatoms. The van der Waals surface area contributed by atoms with E-state index in [-0.39, 0.29) is 23.2 Å². The van der Waals surface area contributed by atoms with Crippen molar-refractivity contribution in [2.24, 2.45) is 11.8 Å². The molecular formula is C10H18O3S. The van der Waals surface area contributed by atoms with E-state index in [1.165, 1.54) is 0 Å². The van der Waals surface area contributed by atoms with Crippen LogP contribution in [-0.2, 0) is 14.6 Å². The van der Waals surface area contributed by atoms with E-state index < -0.39 is 9.84 Å². The number of ketones is 1. The van der Waals surface area contributed by atoms with E-state index >= 15 is 0 Å². The SMILES string of the molecule is CC(C)CCS(=O)(=O)CC(=O)C1CC1. The fourth-order valence-corrected chi connectivity index (χ4v) is 2.87. The summed E-state index contributed by atoms with van der Waals surface area (Å²) in [6.07, 6.45) is 2.43. The summed E-state index contributed by atoms with van der Waals surface area (Å²) in [6, 6.07) is 0. The van der Waals surface area contributed by atoms with Crippen LogP contribution in [-0.4, -0.2) is 25.7 Å². The minimum atomic E-state index is -3.13. The lowest BCUT2D eigenvalue weighted by Gasteiger charge is -2.05. The Morgan fingerprint density at radius 1 is 1.36 bits per heavy atom. The molecule has 0 amide bonds. The topological polar surface area (TPSA) is 51.2 Å². The van der Waals surface area contributed by atoms with Crippen LogP contribution in [0.25, 0.3) is 0 Å². The van der Waals surface area contributed by atoms with Crippen molar-refractivity contribution in [2.45, 2.75) is 33.1 Å². The monoisotopic (exact) mass is 218 g/mol. The van der Waals surface area contributed by atoms with Gasteiger partial charge in [-0.1, -0.05) is 13.8 Å². The van der Waals surface area contributed by atoms with Crippen molar-refractivity contribution in [3.63, 3.8) is 0 Å². The molecule has 14 heavy (non-hydrogen) atoms. The minimum Gasteiger partial charge on any atom is -0.298 e. The highest BCUT2D eigenvalue weighted by Crippen LogP contribution is 2.30. The van der Waals surface area contributed by atoms with Crippen LogP contribution in [0.5, 0.6) is 0 Å². The molecule has 0 aliphatic heterocycles. The first-order valence-electron chi connectivity index (χ1n) is 5.14. The summed E-state index contributed by atoms with van der Waals surface area (Å²) >= 11 is 0. The maximum absolute atomic E-state index is 11.5. The van der Waals surface area contributed by atoms with Gasteiger partial charge in [0.25, 0.3) is 0 Å². The van der Waals surface area contributed by atoms with Crippen molar-refractivity contribution in [2.75, 3.05) is 11.5 Å². The first-order chi connectivity index (χ1) is 6.41. The lowest BCUT2D eigenvalue weighted by Crippen LogP contribution is -2.20. The zero-order chi connectivity index (χ0) is 10.8. The van der Waals surface area contributed by atoms with Crippen molar-refractivity contribution in [1.29, 1.82) is 0 Å². The molecule has 0 bridgehead atoms. The number of rotatable bonds is 6. The first kappa shape index (κ1) is 11.7. The Morgan fingerprint density at radius 3 is 2.36 bits per heavy atom. The van der Waals surface area contributed by atoms with Crippen LogP contribution in [0.2, 0.25) is 0 Å². The normalized spacial score (nSPS) is 17.4. The molecular weight excluding hydrogens is 200 g/mol. The number of hydrogen-bond acceptors (Lipinski definition) is 3. The number of sulfone groups is 1. The summed E-state index contributed by atoms with van der Waals surface area (Å²) in [5, 5.41) is 0. The van der Waals surface area contributed by atoms with Crippen LogP contribution >= 0.6 is 0 Å². The maximum atomic E-state index is 11.5. The van der Waals surface area contributed by atoms with Crippen LogP contribution < -0.4 is 0 Å². The van der Waals surface area contributed by atoms with Crippen molar-refractivity contribution in [3.8, 4) is 0 Å². The van der Waals surface area contributed by atoms with Crippen LogP contribution in [0.3, 0.4) is 0 Å². The molecule has 3 nitrogen and oxygen atoms in total. The number of Topliss-reactive ketones (excluding diaryl/α,β-unsaturated/α-hetero) is 1. The van der Waals surface area contributed by atoms with Gasteiger partial charge in [-0.2, -0.15) is 0 Å². The summed E-state index contributed by atoms with van der Waals surface area (Å²) in [7, 11) is -3.13. The van der Waals surface area contributed by atoms with Gasteiger partial charge in [-0.05, 0) is 25.2 Å². The van der Waals surface area contributed by atoms with Crippen LogP contribution in [0, 0.1) is 11.8 Å².